The molecule has 0 fully saturated rings. The number of pyridine rings is 1. The van der Waals surface area contributed by atoms with Crippen LogP contribution < -0.4 is 10.1 Å². The molecule has 4 aromatic rings. The summed E-state index contributed by atoms with van der Waals surface area (Å²) >= 11 is 0. The van der Waals surface area contributed by atoms with E-state index >= 15 is 0 Å². The molecule has 0 unspecified atom stereocenters. The van der Waals surface area contributed by atoms with Gasteiger partial charge >= 0.3 is 11.8 Å². The Kier molecular flexibility index (Phi) is 11.2. The first-order chi connectivity index (χ1) is 26.8. The molecule has 2 aliphatic rings. The number of aliphatic hydroxyl groups excluding tert-OH is 2. The minimum atomic E-state index is -1.96. The molecule has 2 aromatic heterocycles. The third-order valence-electron chi connectivity index (χ3n) is 11.5. The van der Waals surface area contributed by atoms with Crippen LogP contribution in [0, 0.1) is 37.5 Å². The molecule has 14 nitrogen and oxygen atoms in total. The van der Waals surface area contributed by atoms with E-state index in [9.17, 15) is 34.8 Å². The van der Waals surface area contributed by atoms with Crippen molar-refractivity contribution in [3.63, 3.8) is 0 Å². The lowest BCUT2D eigenvalue weighted by Gasteiger charge is -2.38. The molecule has 0 saturated heterocycles. The molecule has 6 rings (SSSR count). The van der Waals surface area contributed by atoms with Crippen molar-refractivity contribution in [2.45, 2.75) is 92.5 Å². The maximum absolute atomic E-state index is 14.6. The Morgan fingerprint density at radius 2 is 1.68 bits per heavy atom. The van der Waals surface area contributed by atoms with Crippen molar-refractivity contribution in [3.8, 4) is 17.2 Å². The van der Waals surface area contributed by atoms with Crippen LogP contribution in [0.2, 0.25) is 0 Å². The van der Waals surface area contributed by atoms with E-state index < -0.39 is 77.3 Å². The number of esters is 1. The lowest BCUT2D eigenvalue weighted by Crippen LogP contribution is -2.46. The number of hydrogen-bond acceptors (Lipinski definition) is 12. The number of phenolic OH excluding ortho intramolecular Hbond substituents is 2. The van der Waals surface area contributed by atoms with Gasteiger partial charge in [-0.3, -0.25) is 18.8 Å². The summed E-state index contributed by atoms with van der Waals surface area (Å²) in [6, 6.07) is 3.64. The zero-order valence-corrected chi connectivity index (χ0v) is 33.8. The van der Waals surface area contributed by atoms with E-state index in [2.05, 4.69) is 5.32 Å². The normalized spacial score (nSPS) is 30.8. The van der Waals surface area contributed by atoms with Gasteiger partial charge in [0.05, 0.1) is 35.5 Å². The topological polar surface area (TPSA) is 198 Å². The highest BCUT2D eigenvalue weighted by Crippen LogP contribution is 2.54. The van der Waals surface area contributed by atoms with Crippen LogP contribution in [-0.4, -0.2) is 84.8 Å². The largest absolute Gasteiger partial charge is 0.507 e. The van der Waals surface area contributed by atoms with Crippen molar-refractivity contribution in [1.82, 2.24) is 9.38 Å². The number of rotatable bonds is 2. The summed E-state index contributed by atoms with van der Waals surface area (Å²) in [4.78, 5) is 45.6. The number of Topliss-reactive ketones (excluding diaryl/α,β-unsaturated/α-hetero) is 1. The molecular formula is C43H51N3O11. The Balaban J connectivity index is 1.58. The molecule has 2 aliphatic heterocycles. The third-order valence-corrected chi connectivity index (χ3v) is 11.5. The summed E-state index contributed by atoms with van der Waals surface area (Å²) in [5.74, 6) is -6.96. The number of aryl methyl sites for hydroxylation is 1. The number of phenols is 2. The lowest BCUT2D eigenvalue weighted by atomic mass is 9.78. The maximum atomic E-state index is 14.6. The van der Waals surface area contributed by atoms with Crippen LogP contribution in [0.5, 0.6) is 17.2 Å². The van der Waals surface area contributed by atoms with Gasteiger partial charge in [-0.15, -0.1) is 0 Å². The second-order valence-corrected chi connectivity index (χ2v) is 15.6. The second-order valence-electron chi connectivity index (χ2n) is 15.6. The molecule has 4 heterocycles. The lowest BCUT2D eigenvalue weighted by molar-refractivity contribution is -0.160. The highest BCUT2D eigenvalue weighted by Gasteiger charge is 2.50. The molecule has 2 aromatic carbocycles. The van der Waals surface area contributed by atoms with E-state index in [0.29, 0.717) is 5.65 Å². The van der Waals surface area contributed by atoms with Gasteiger partial charge in [0.2, 0.25) is 0 Å². The first kappa shape index (κ1) is 41.2. The first-order valence-electron chi connectivity index (χ1n) is 19.0. The number of carbonyl (C=O) groups is 3. The number of carbonyl (C=O) groups excluding carboxylic acids is 3. The van der Waals surface area contributed by atoms with Gasteiger partial charge in [0.15, 0.2) is 5.75 Å². The van der Waals surface area contributed by atoms with Crippen molar-refractivity contribution in [2.75, 3.05) is 12.4 Å². The molecule has 0 saturated carbocycles. The van der Waals surface area contributed by atoms with Crippen LogP contribution in [0.25, 0.3) is 27.5 Å². The summed E-state index contributed by atoms with van der Waals surface area (Å²) in [5.41, 5.74) is 2.18. The van der Waals surface area contributed by atoms with Crippen molar-refractivity contribution >= 4 is 50.8 Å². The van der Waals surface area contributed by atoms with E-state index in [0.717, 1.165) is 5.56 Å². The molecule has 0 radical (unpaired) electrons. The summed E-state index contributed by atoms with van der Waals surface area (Å²) in [7, 11) is 1.46. The van der Waals surface area contributed by atoms with Gasteiger partial charge in [-0.25, -0.2) is 4.98 Å². The third kappa shape index (κ3) is 7.10. The zero-order chi connectivity index (χ0) is 41.8. The molecule has 0 spiro atoms. The average molecular weight is 786 g/mol. The van der Waals surface area contributed by atoms with Crippen molar-refractivity contribution in [1.29, 1.82) is 0 Å². The number of nitrogens with one attached hydrogen (secondary N) is 1. The number of ketones is 1. The molecule has 9 atom stereocenters. The van der Waals surface area contributed by atoms with Gasteiger partial charge in [0.25, 0.3) is 11.7 Å². The number of methoxy groups -OCH3 is 1. The molecule has 304 valence electrons. The quantitative estimate of drug-likeness (QED) is 0.115. The Bertz CT molecular complexity index is 2380. The molecule has 57 heavy (non-hydrogen) atoms. The van der Waals surface area contributed by atoms with Crippen LogP contribution in [0.4, 0.5) is 5.69 Å². The van der Waals surface area contributed by atoms with E-state index in [-0.39, 0.29) is 55.7 Å². The van der Waals surface area contributed by atoms with Crippen LogP contribution in [0.3, 0.4) is 0 Å². The van der Waals surface area contributed by atoms with Gasteiger partial charge in [-0.1, -0.05) is 45.9 Å². The minimum absolute atomic E-state index is 0.0185. The molecule has 5 N–H and O–H groups in total. The number of nitrogens with zero attached hydrogens (tertiary/aromatic N) is 2. The first-order valence-corrected chi connectivity index (χ1v) is 19.0. The summed E-state index contributed by atoms with van der Waals surface area (Å²) < 4.78 is 25.5. The number of allylic oxidation sites excluding steroid dienone is 2. The smallest absolute Gasteiger partial charge is 0.312 e. The number of anilines is 1. The number of aromatic nitrogens is 2. The molecule has 4 bridgehead atoms. The van der Waals surface area contributed by atoms with Gasteiger partial charge in [0, 0.05) is 67.3 Å². The predicted molar refractivity (Wildman–Crippen MR) is 213 cm³/mol. The van der Waals surface area contributed by atoms with E-state index in [4.69, 9.17) is 23.9 Å². The zero-order valence-electron chi connectivity index (χ0n) is 33.8. The standard InChI is InChI=1S/C43H51N3O11/c1-19-14-16-46-28(18-19)44-32-29-30-37(50)25(7)40-31(29)41(52)43(9,57-40)55-17-15-27(54-10)22(4)39(56-26(8)47)24(6)36(49)23(5)35(48)20(2)12-11-13-21(3)42(53)45-33(34(32)46)38(30)51/h11-18,20,22-24,27,35-36,39,48-51H,1-10H3,(H,45,53)/b12-11+,17-15+,21-13-/t20-,22-,23-,24-,27+,35-,36-,39+,43-/m0/s1. The summed E-state index contributed by atoms with van der Waals surface area (Å²) in [6.45, 7) is 14.7. The minimum Gasteiger partial charge on any atom is -0.507 e. The van der Waals surface area contributed by atoms with Crippen LogP contribution in [-0.2, 0) is 23.8 Å². The molecule has 1 amide bonds. The fraction of sp³-hybridized carbons (Fsp3) is 0.442. The number of imidazole rings is 1. The molecule has 0 aliphatic carbocycles. The highest BCUT2D eigenvalue weighted by molar-refractivity contribution is 6.28. The van der Waals surface area contributed by atoms with E-state index in [1.54, 1.807) is 63.4 Å². The van der Waals surface area contributed by atoms with E-state index in [1.165, 1.54) is 40.2 Å². The SMILES string of the molecule is CO[C@@H]1/C=C/O[C@@]2(C)Oc3c(C)c(O)c4c(O)c(c5c(nc6cc(C)ccn65)c4c3C2=O)NC(=O)/C(C)=C\C=C\[C@H](C)[C@H](O)[C@H](C)[C@H](O)[C@H](C)[C@H](OC(C)=O)[C@H]1C. The fourth-order valence-electron chi connectivity index (χ4n) is 8.03. The Labute approximate surface area is 330 Å². The van der Waals surface area contributed by atoms with Crippen molar-refractivity contribution in [2.24, 2.45) is 23.7 Å². The van der Waals surface area contributed by atoms with Crippen molar-refractivity contribution < 1.29 is 53.8 Å². The van der Waals surface area contributed by atoms with Gasteiger partial charge < -0.3 is 44.7 Å². The Morgan fingerprint density at radius 3 is 2.35 bits per heavy atom. The van der Waals surface area contributed by atoms with Gasteiger partial charge in [-0.05, 0) is 44.5 Å². The number of ether oxygens (including phenoxy) is 4. The Morgan fingerprint density at radius 1 is 0.982 bits per heavy atom. The van der Waals surface area contributed by atoms with Gasteiger partial charge in [-0.2, -0.15) is 0 Å². The number of benzene rings is 2. The summed E-state index contributed by atoms with van der Waals surface area (Å²) in [5, 5.41) is 49.4. The van der Waals surface area contributed by atoms with Crippen LogP contribution in [0.15, 0.2) is 54.5 Å². The monoisotopic (exact) mass is 785 g/mol. The van der Waals surface area contributed by atoms with Crippen molar-refractivity contribution in [3.05, 3.63) is 71.2 Å². The predicted octanol–water partition coefficient (Wildman–Crippen LogP) is 6.16. The van der Waals surface area contributed by atoms with Crippen LogP contribution >= 0.6 is 0 Å². The number of amides is 1. The number of aromatic hydroxyl groups is 2. The second kappa shape index (κ2) is 15.5. The van der Waals surface area contributed by atoms with Crippen LogP contribution in [0.1, 0.15) is 70.0 Å². The maximum Gasteiger partial charge on any atom is 0.312 e. The average Bonchev–Trinajstić information content (AvgIpc) is 3.67. The summed E-state index contributed by atoms with van der Waals surface area (Å²) in [6.07, 6.45) is 5.62. The van der Waals surface area contributed by atoms with E-state index in [1.807, 2.05) is 19.1 Å². The Hall–Kier alpha value is -5.44. The van der Waals surface area contributed by atoms with Gasteiger partial charge in [0.1, 0.15) is 40.0 Å². The molecular weight excluding hydrogens is 734 g/mol. The fourth-order valence-corrected chi connectivity index (χ4v) is 8.03. The number of hydrogen-bond donors (Lipinski definition) is 5. The highest BCUT2D eigenvalue weighted by atomic mass is 16.7. The number of fused-ring (bicyclic) bond motifs is 2. The number of aliphatic hydroxyl groups is 2. The molecule has 14 heteroatoms.